The Kier molecular flexibility index (Phi) is 3.96. The van der Waals surface area contributed by atoms with E-state index < -0.39 is 0 Å². The van der Waals surface area contributed by atoms with Crippen LogP contribution in [0, 0.1) is 0 Å². The van der Waals surface area contributed by atoms with Gasteiger partial charge in [-0.1, -0.05) is 6.92 Å². The lowest BCUT2D eigenvalue weighted by atomic mass is 10.1. The Morgan fingerprint density at radius 1 is 1.69 bits per heavy atom. The van der Waals surface area contributed by atoms with Crippen LogP contribution in [0.5, 0.6) is 0 Å². The number of methoxy groups -OCH3 is 1. The third kappa shape index (κ3) is 2.33. The van der Waals surface area contributed by atoms with E-state index in [1.807, 2.05) is 13.0 Å². The molecule has 0 saturated heterocycles. The van der Waals surface area contributed by atoms with Crippen LogP contribution < -0.4 is 5.73 Å². The van der Waals surface area contributed by atoms with Gasteiger partial charge < -0.3 is 14.9 Å². The van der Waals surface area contributed by atoms with Crippen LogP contribution in [0.2, 0.25) is 0 Å². The van der Waals surface area contributed by atoms with Crippen LogP contribution in [0.3, 0.4) is 0 Å². The Morgan fingerprint density at radius 3 is 2.77 bits per heavy atom. The molecular weight excluding hydrogens is 234 g/mol. The smallest absolute Gasteiger partial charge is 0.137 e. The van der Waals surface area contributed by atoms with Crippen LogP contribution in [-0.2, 0) is 4.74 Å². The molecular formula is C9H14BrNO2. The van der Waals surface area contributed by atoms with Crippen molar-refractivity contribution in [3.05, 3.63) is 22.6 Å². The molecule has 4 heteroatoms. The van der Waals surface area contributed by atoms with E-state index in [1.54, 1.807) is 13.4 Å². The first-order valence-corrected chi connectivity index (χ1v) is 5.01. The van der Waals surface area contributed by atoms with Crippen LogP contribution in [0.4, 0.5) is 0 Å². The van der Waals surface area contributed by atoms with Crippen molar-refractivity contribution in [3.63, 3.8) is 0 Å². The van der Waals surface area contributed by atoms with E-state index in [0.717, 1.165) is 16.7 Å². The number of furan rings is 1. The zero-order valence-electron chi connectivity index (χ0n) is 7.79. The minimum absolute atomic E-state index is 0.00227. The average molecular weight is 248 g/mol. The summed E-state index contributed by atoms with van der Waals surface area (Å²) in [5, 5.41) is 0. The largest absolute Gasteiger partial charge is 0.466 e. The fourth-order valence-electron chi connectivity index (χ4n) is 1.28. The number of ether oxygens (including phenoxy) is 1. The molecule has 3 nitrogen and oxygen atoms in total. The number of hydrogen-bond acceptors (Lipinski definition) is 3. The van der Waals surface area contributed by atoms with Gasteiger partial charge in [-0.3, -0.25) is 0 Å². The first kappa shape index (κ1) is 10.8. The quantitative estimate of drug-likeness (QED) is 0.890. The molecule has 0 fully saturated rings. The van der Waals surface area contributed by atoms with E-state index >= 15 is 0 Å². The van der Waals surface area contributed by atoms with Gasteiger partial charge in [0.1, 0.15) is 5.76 Å². The maximum Gasteiger partial charge on any atom is 0.137 e. The maximum absolute atomic E-state index is 5.96. The third-order valence-electron chi connectivity index (χ3n) is 2.05. The van der Waals surface area contributed by atoms with Crippen molar-refractivity contribution in [1.29, 1.82) is 0 Å². The fourth-order valence-corrected chi connectivity index (χ4v) is 1.75. The molecule has 0 bridgehead atoms. The van der Waals surface area contributed by atoms with E-state index in [2.05, 4.69) is 15.9 Å². The van der Waals surface area contributed by atoms with Crippen LogP contribution in [0.15, 0.2) is 21.2 Å². The number of hydrogen-bond donors (Lipinski definition) is 1. The highest BCUT2D eigenvalue weighted by molar-refractivity contribution is 9.10. The van der Waals surface area contributed by atoms with Gasteiger partial charge in [0.05, 0.1) is 22.9 Å². The molecule has 1 aromatic heterocycles. The molecule has 0 radical (unpaired) electrons. The van der Waals surface area contributed by atoms with Crippen molar-refractivity contribution in [2.75, 3.05) is 7.11 Å². The Bertz CT molecular complexity index is 258. The summed E-state index contributed by atoms with van der Waals surface area (Å²) in [5.41, 5.74) is 5.96. The molecule has 1 aromatic rings. The Balaban J connectivity index is 2.77. The summed E-state index contributed by atoms with van der Waals surface area (Å²) in [6.45, 7) is 2.03. The second kappa shape index (κ2) is 4.79. The molecule has 2 atom stereocenters. The monoisotopic (exact) mass is 247 g/mol. The first-order valence-electron chi connectivity index (χ1n) is 4.22. The van der Waals surface area contributed by atoms with Gasteiger partial charge >= 0.3 is 0 Å². The molecule has 0 amide bonds. The van der Waals surface area contributed by atoms with Gasteiger partial charge in [0.2, 0.25) is 0 Å². The van der Waals surface area contributed by atoms with E-state index in [0.29, 0.717) is 0 Å². The molecule has 0 aromatic carbocycles. The average Bonchev–Trinajstić information content (AvgIpc) is 2.53. The molecule has 13 heavy (non-hydrogen) atoms. The summed E-state index contributed by atoms with van der Waals surface area (Å²) in [6.07, 6.45) is 2.48. The SMILES string of the molecule is CCC(OC)C(N)c1occc1Br. The summed E-state index contributed by atoms with van der Waals surface area (Å²) in [7, 11) is 1.66. The Labute approximate surface area is 86.4 Å². The fraction of sp³-hybridized carbons (Fsp3) is 0.556. The number of halogens is 1. The molecule has 2 unspecified atom stereocenters. The number of nitrogens with two attached hydrogens (primary N) is 1. The topological polar surface area (TPSA) is 48.4 Å². The summed E-state index contributed by atoms with van der Waals surface area (Å²) in [5.74, 6) is 0.744. The highest BCUT2D eigenvalue weighted by Gasteiger charge is 2.21. The molecule has 0 aliphatic heterocycles. The van der Waals surface area contributed by atoms with E-state index in [1.165, 1.54) is 0 Å². The molecule has 1 rings (SSSR count). The molecule has 74 valence electrons. The normalized spacial score (nSPS) is 15.7. The third-order valence-corrected chi connectivity index (χ3v) is 2.71. The highest BCUT2D eigenvalue weighted by atomic mass is 79.9. The number of rotatable bonds is 4. The van der Waals surface area contributed by atoms with Crippen LogP contribution in [0.1, 0.15) is 25.1 Å². The summed E-state index contributed by atoms with van der Waals surface area (Å²) < 4.78 is 11.4. The molecule has 0 saturated carbocycles. The van der Waals surface area contributed by atoms with Crippen molar-refractivity contribution in [2.45, 2.75) is 25.5 Å². The van der Waals surface area contributed by atoms with Gasteiger partial charge in [0, 0.05) is 7.11 Å². The van der Waals surface area contributed by atoms with Crippen molar-refractivity contribution < 1.29 is 9.15 Å². The van der Waals surface area contributed by atoms with Crippen LogP contribution in [0.25, 0.3) is 0 Å². The minimum atomic E-state index is -0.209. The van der Waals surface area contributed by atoms with Gasteiger partial charge in [-0.15, -0.1) is 0 Å². The standard InChI is InChI=1S/C9H14BrNO2/c1-3-7(12-2)8(11)9-6(10)4-5-13-9/h4-5,7-8H,3,11H2,1-2H3. The first-order chi connectivity index (χ1) is 6.20. The van der Waals surface area contributed by atoms with Crippen molar-refractivity contribution >= 4 is 15.9 Å². The predicted molar refractivity (Wildman–Crippen MR) is 54.4 cm³/mol. The molecule has 0 spiro atoms. The van der Waals surface area contributed by atoms with Gasteiger partial charge in [-0.25, -0.2) is 0 Å². The van der Waals surface area contributed by atoms with E-state index in [9.17, 15) is 0 Å². The summed E-state index contributed by atoms with van der Waals surface area (Å²) >= 11 is 3.36. The van der Waals surface area contributed by atoms with Gasteiger partial charge in [0.25, 0.3) is 0 Å². The lowest BCUT2D eigenvalue weighted by Crippen LogP contribution is -2.27. The highest BCUT2D eigenvalue weighted by Crippen LogP contribution is 2.26. The molecule has 0 aliphatic carbocycles. The minimum Gasteiger partial charge on any atom is -0.466 e. The summed E-state index contributed by atoms with van der Waals surface area (Å²) in [4.78, 5) is 0. The molecule has 2 N–H and O–H groups in total. The Hall–Kier alpha value is -0.320. The lowest BCUT2D eigenvalue weighted by Gasteiger charge is -2.19. The van der Waals surface area contributed by atoms with Crippen molar-refractivity contribution in [3.8, 4) is 0 Å². The predicted octanol–water partition coefficient (Wildman–Crippen LogP) is 2.47. The van der Waals surface area contributed by atoms with Crippen molar-refractivity contribution in [2.24, 2.45) is 5.73 Å². The van der Waals surface area contributed by atoms with Gasteiger partial charge in [-0.05, 0) is 28.4 Å². The van der Waals surface area contributed by atoms with Gasteiger partial charge in [0.15, 0.2) is 0 Å². The lowest BCUT2D eigenvalue weighted by molar-refractivity contribution is 0.0706. The molecule has 0 aliphatic rings. The summed E-state index contributed by atoms with van der Waals surface area (Å²) in [6, 6.07) is 1.62. The zero-order chi connectivity index (χ0) is 9.84. The van der Waals surface area contributed by atoms with Crippen LogP contribution in [-0.4, -0.2) is 13.2 Å². The van der Waals surface area contributed by atoms with Crippen LogP contribution >= 0.6 is 15.9 Å². The van der Waals surface area contributed by atoms with E-state index in [4.69, 9.17) is 14.9 Å². The van der Waals surface area contributed by atoms with Crippen molar-refractivity contribution in [1.82, 2.24) is 0 Å². The zero-order valence-corrected chi connectivity index (χ0v) is 9.37. The molecule has 1 heterocycles. The second-order valence-corrected chi connectivity index (χ2v) is 3.70. The van der Waals surface area contributed by atoms with Gasteiger partial charge in [-0.2, -0.15) is 0 Å². The second-order valence-electron chi connectivity index (χ2n) is 2.84. The van der Waals surface area contributed by atoms with E-state index in [-0.39, 0.29) is 12.1 Å². The maximum atomic E-state index is 5.96. The Morgan fingerprint density at radius 2 is 2.38 bits per heavy atom.